The molecule has 0 fully saturated rings. The van der Waals surface area contributed by atoms with Crippen LogP contribution in [0, 0.1) is 0 Å². The summed E-state index contributed by atoms with van der Waals surface area (Å²) in [7, 11) is 1.79. The van der Waals surface area contributed by atoms with Crippen molar-refractivity contribution in [3.8, 4) is 11.5 Å². The van der Waals surface area contributed by atoms with Crippen LogP contribution < -0.4 is 9.47 Å². The third-order valence-electron chi connectivity index (χ3n) is 3.83. The Kier molecular flexibility index (Phi) is 7.50. The first-order valence-electron chi connectivity index (χ1n) is 8.66. The molecule has 0 spiro atoms. The summed E-state index contributed by atoms with van der Waals surface area (Å²) in [5.41, 5.74) is 0.0721. The number of hydrogen-bond acceptors (Lipinski definition) is 4. The Morgan fingerprint density at radius 1 is 0.963 bits per heavy atom. The van der Waals surface area contributed by atoms with Gasteiger partial charge in [-0.2, -0.15) is 13.2 Å². The molecule has 0 aliphatic carbocycles. The van der Waals surface area contributed by atoms with Crippen LogP contribution in [0.1, 0.15) is 18.1 Å². The van der Waals surface area contributed by atoms with E-state index in [2.05, 4.69) is 0 Å². The number of alkyl halides is 3. The van der Waals surface area contributed by atoms with E-state index in [1.165, 1.54) is 12.1 Å². The number of hydrogen-bond donors (Lipinski definition) is 1. The second-order valence-corrected chi connectivity index (χ2v) is 6.26. The first kappa shape index (κ1) is 21.1. The van der Waals surface area contributed by atoms with Crippen LogP contribution in [0.5, 0.6) is 11.5 Å². The van der Waals surface area contributed by atoms with Crippen LogP contribution >= 0.6 is 0 Å². The van der Waals surface area contributed by atoms with Gasteiger partial charge >= 0.3 is 6.18 Å². The Bertz CT molecular complexity index is 687. The van der Waals surface area contributed by atoms with E-state index in [0.29, 0.717) is 25.4 Å². The van der Waals surface area contributed by atoms with Crippen molar-refractivity contribution in [2.45, 2.75) is 25.7 Å². The number of aliphatic hydroxyl groups is 1. The molecule has 0 amide bonds. The van der Waals surface area contributed by atoms with Gasteiger partial charge in [-0.3, -0.25) is 4.90 Å². The molecule has 2 rings (SSSR count). The van der Waals surface area contributed by atoms with E-state index >= 15 is 0 Å². The normalized spacial score (nSPS) is 12.9. The molecule has 0 aliphatic rings. The average molecular weight is 383 g/mol. The van der Waals surface area contributed by atoms with Gasteiger partial charge in [-0.05, 0) is 55.9 Å². The number of aliphatic hydroxyl groups excluding tert-OH is 1. The highest BCUT2D eigenvalue weighted by Gasteiger charge is 2.29. The molecule has 1 N–H and O–H groups in total. The summed E-state index contributed by atoms with van der Waals surface area (Å²) in [6.45, 7) is 3.37. The van der Waals surface area contributed by atoms with Crippen molar-refractivity contribution in [1.29, 1.82) is 0 Å². The van der Waals surface area contributed by atoms with Crippen LogP contribution in [-0.2, 0) is 12.7 Å². The fourth-order valence-corrected chi connectivity index (χ4v) is 2.58. The molecule has 2 aromatic rings. The molecule has 0 saturated heterocycles. The molecular weight excluding hydrogens is 359 g/mol. The van der Waals surface area contributed by atoms with Gasteiger partial charge in [0.2, 0.25) is 0 Å². The summed E-state index contributed by atoms with van der Waals surface area (Å²) < 4.78 is 48.6. The van der Waals surface area contributed by atoms with Gasteiger partial charge in [-0.1, -0.05) is 12.1 Å². The number of ether oxygens (including phenoxy) is 2. The molecule has 148 valence electrons. The molecule has 0 aromatic heterocycles. The molecule has 1 atom stereocenters. The molecule has 0 heterocycles. The Morgan fingerprint density at radius 2 is 1.52 bits per heavy atom. The SMILES string of the molecule is CCOc1ccc(OCC(O)CN(C)Cc2ccc(C(F)(F)F)cc2)cc1. The van der Waals surface area contributed by atoms with E-state index < -0.39 is 17.8 Å². The Morgan fingerprint density at radius 3 is 2.04 bits per heavy atom. The number of likely N-dealkylation sites (N-methyl/N-ethyl adjacent to an activating group) is 1. The van der Waals surface area contributed by atoms with Crippen molar-refractivity contribution >= 4 is 0 Å². The highest BCUT2D eigenvalue weighted by Crippen LogP contribution is 2.29. The molecule has 7 heteroatoms. The minimum absolute atomic E-state index is 0.116. The molecule has 1 unspecified atom stereocenters. The maximum absolute atomic E-state index is 12.6. The Hall–Kier alpha value is -2.25. The number of nitrogens with zero attached hydrogens (tertiary/aromatic N) is 1. The van der Waals surface area contributed by atoms with E-state index in [9.17, 15) is 18.3 Å². The van der Waals surface area contributed by atoms with Crippen molar-refractivity contribution in [3.63, 3.8) is 0 Å². The van der Waals surface area contributed by atoms with Crippen LogP contribution in [0.3, 0.4) is 0 Å². The molecule has 0 saturated carbocycles. The van der Waals surface area contributed by atoms with Crippen LogP contribution in [0.25, 0.3) is 0 Å². The second kappa shape index (κ2) is 9.62. The second-order valence-electron chi connectivity index (χ2n) is 6.26. The summed E-state index contributed by atoms with van der Waals surface area (Å²) >= 11 is 0. The highest BCUT2D eigenvalue weighted by atomic mass is 19.4. The first-order chi connectivity index (χ1) is 12.8. The fraction of sp³-hybridized carbons (Fsp3) is 0.400. The molecule has 0 bridgehead atoms. The van der Waals surface area contributed by atoms with Gasteiger partial charge in [-0.25, -0.2) is 0 Å². The lowest BCUT2D eigenvalue weighted by atomic mass is 10.1. The third kappa shape index (κ3) is 7.11. The quantitative estimate of drug-likeness (QED) is 0.711. The van der Waals surface area contributed by atoms with Gasteiger partial charge < -0.3 is 14.6 Å². The molecule has 4 nitrogen and oxygen atoms in total. The summed E-state index contributed by atoms with van der Waals surface area (Å²) in [6, 6.07) is 12.1. The van der Waals surface area contributed by atoms with Gasteiger partial charge in [0.05, 0.1) is 12.2 Å². The highest BCUT2D eigenvalue weighted by molar-refractivity contribution is 5.31. The van der Waals surface area contributed by atoms with Gasteiger partial charge in [-0.15, -0.1) is 0 Å². The monoisotopic (exact) mass is 383 g/mol. The lowest BCUT2D eigenvalue weighted by molar-refractivity contribution is -0.137. The molecule has 2 aromatic carbocycles. The topological polar surface area (TPSA) is 41.9 Å². The first-order valence-corrected chi connectivity index (χ1v) is 8.66. The molecule has 0 radical (unpaired) electrons. The summed E-state index contributed by atoms with van der Waals surface area (Å²) in [5, 5.41) is 10.1. The van der Waals surface area contributed by atoms with Gasteiger partial charge in [0, 0.05) is 13.1 Å². The van der Waals surface area contributed by atoms with Gasteiger partial charge in [0.25, 0.3) is 0 Å². The van der Waals surface area contributed by atoms with E-state index in [4.69, 9.17) is 9.47 Å². The van der Waals surface area contributed by atoms with E-state index in [-0.39, 0.29) is 6.61 Å². The minimum Gasteiger partial charge on any atom is -0.494 e. The summed E-state index contributed by atoms with van der Waals surface area (Å²) in [6.07, 6.45) is -5.06. The maximum Gasteiger partial charge on any atom is 0.416 e. The molecule has 0 aliphatic heterocycles. The van der Waals surface area contributed by atoms with E-state index in [1.54, 1.807) is 31.3 Å². The van der Waals surface area contributed by atoms with Crippen molar-refractivity contribution in [1.82, 2.24) is 4.90 Å². The van der Waals surface area contributed by atoms with Crippen molar-refractivity contribution in [2.75, 3.05) is 26.8 Å². The minimum atomic E-state index is -4.33. The zero-order valence-corrected chi connectivity index (χ0v) is 15.4. The fourth-order valence-electron chi connectivity index (χ4n) is 2.58. The number of benzene rings is 2. The average Bonchev–Trinajstić information content (AvgIpc) is 2.61. The third-order valence-corrected chi connectivity index (χ3v) is 3.83. The van der Waals surface area contributed by atoms with Crippen molar-refractivity contribution in [2.24, 2.45) is 0 Å². The van der Waals surface area contributed by atoms with Crippen LogP contribution in [0.2, 0.25) is 0 Å². The number of halogens is 3. The zero-order valence-electron chi connectivity index (χ0n) is 15.4. The van der Waals surface area contributed by atoms with Gasteiger partial charge in [0.1, 0.15) is 24.2 Å². The molecular formula is C20H24F3NO3. The zero-order chi connectivity index (χ0) is 19.9. The predicted molar refractivity (Wildman–Crippen MR) is 96.9 cm³/mol. The van der Waals surface area contributed by atoms with E-state index in [0.717, 1.165) is 23.4 Å². The van der Waals surface area contributed by atoms with Crippen LogP contribution in [0.15, 0.2) is 48.5 Å². The lowest BCUT2D eigenvalue weighted by Gasteiger charge is -2.21. The Labute approximate surface area is 157 Å². The summed E-state index contributed by atoms with van der Waals surface area (Å²) in [4.78, 5) is 1.83. The maximum atomic E-state index is 12.6. The van der Waals surface area contributed by atoms with Crippen molar-refractivity contribution < 1.29 is 27.8 Å². The standard InChI is InChI=1S/C20H24F3NO3/c1-3-26-18-8-10-19(11-9-18)27-14-17(25)13-24(2)12-15-4-6-16(7-5-15)20(21,22)23/h4-11,17,25H,3,12-14H2,1-2H3. The van der Waals surface area contributed by atoms with Gasteiger partial charge in [0.15, 0.2) is 0 Å². The van der Waals surface area contributed by atoms with Crippen molar-refractivity contribution in [3.05, 3.63) is 59.7 Å². The molecule has 27 heavy (non-hydrogen) atoms. The van der Waals surface area contributed by atoms with Crippen LogP contribution in [-0.4, -0.2) is 42.9 Å². The smallest absolute Gasteiger partial charge is 0.416 e. The van der Waals surface area contributed by atoms with Crippen LogP contribution in [0.4, 0.5) is 13.2 Å². The lowest BCUT2D eigenvalue weighted by Crippen LogP contribution is -2.32. The Balaban J connectivity index is 1.77. The summed E-state index contributed by atoms with van der Waals surface area (Å²) in [5.74, 6) is 1.38. The largest absolute Gasteiger partial charge is 0.494 e. The number of rotatable bonds is 9. The predicted octanol–water partition coefficient (Wildman–Crippen LogP) is 3.98. The van der Waals surface area contributed by atoms with E-state index in [1.807, 2.05) is 11.8 Å².